The van der Waals surface area contributed by atoms with Crippen molar-refractivity contribution in [1.29, 1.82) is 0 Å². The molecule has 76 valence electrons. The van der Waals surface area contributed by atoms with Gasteiger partial charge in [0.15, 0.2) is 0 Å². The number of ether oxygens (including phenoxy) is 1. The second-order valence-electron chi connectivity index (χ2n) is 1.81. The van der Waals surface area contributed by atoms with E-state index >= 15 is 0 Å². The van der Waals surface area contributed by atoms with E-state index in [2.05, 4.69) is 18.9 Å². The summed E-state index contributed by atoms with van der Waals surface area (Å²) in [6, 6.07) is -0.711. The van der Waals surface area contributed by atoms with E-state index in [-0.39, 0.29) is 0 Å². The minimum atomic E-state index is -0.711. The van der Waals surface area contributed by atoms with Crippen LogP contribution in [0.15, 0.2) is 25.3 Å². The molecule has 0 fully saturated rings. The van der Waals surface area contributed by atoms with Crippen molar-refractivity contribution in [1.82, 2.24) is 5.32 Å². The van der Waals surface area contributed by atoms with E-state index in [1.807, 2.05) is 5.32 Å². The average Bonchev–Trinajstić information content (AvgIpc) is 2.06. The number of aliphatic hydroxyl groups is 1. The van der Waals surface area contributed by atoms with E-state index < -0.39 is 12.8 Å². The molecule has 0 aliphatic heterocycles. The lowest BCUT2D eigenvalue weighted by Crippen LogP contribution is -2.29. The van der Waals surface area contributed by atoms with Crippen LogP contribution < -0.4 is 11.1 Å². The van der Waals surface area contributed by atoms with Crippen LogP contribution in [0.3, 0.4) is 0 Å². The molecule has 0 heterocycles. The highest BCUT2D eigenvalue weighted by Crippen LogP contribution is 1.72. The van der Waals surface area contributed by atoms with Crippen LogP contribution in [0, 0.1) is 0 Å². The summed E-state index contributed by atoms with van der Waals surface area (Å²) >= 11 is 0. The Morgan fingerprint density at radius 3 is 2.08 bits per heavy atom. The van der Waals surface area contributed by atoms with Crippen LogP contribution in [0.1, 0.15) is 0 Å². The number of nitrogens with two attached hydrogens (primary N) is 1. The van der Waals surface area contributed by atoms with Gasteiger partial charge in [-0.05, 0) is 0 Å². The fourth-order valence-corrected chi connectivity index (χ4v) is 0.313. The standard InChI is InChI=1S/C6H10O.C2H6N2O2/c1-3-5-7-6-4-2;3-2(6)4-1-5/h3-4H,1-2,5-6H2;5H,1H2,(H3,3,4,6). The molecule has 0 atom stereocenters. The van der Waals surface area contributed by atoms with Crippen molar-refractivity contribution in [3.8, 4) is 0 Å². The molecule has 4 N–H and O–H groups in total. The van der Waals surface area contributed by atoms with Crippen molar-refractivity contribution >= 4 is 6.03 Å². The molecule has 0 unspecified atom stereocenters. The van der Waals surface area contributed by atoms with E-state index in [1.165, 1.54) is 0 Å². The SMILES string of the molecule is C=CCOCC=C.NC(=O)NCO. The molecule has 0 aromatic heterocycles. The number of aliphatic hydroxyl groups excluding tert-OH is 1. The van der Waals surface area contributed by atoms with Gasteiger partial charge in [0.1, 0.15) is 6.73 Å². The lowest BCUT2D eigenvalue weighted by atomic mass is 10.6. The molecule has 5 nitrogen and oxygen atoms in total. The fourth-order valence-electron chi connectivity index (χ4n) is 0.313. The van der Waals surface area contributed by atoms with Crippen LogP contribution in [-0.4, -0.2) is 31.1 Å². The first kappa shape index (κ1) is 14.2. The summed E-state index contributed by atoms with van der Waals surface area (Å²) in [5, 5.41) is 9.73. The van der Waals surface area contributed by atoms with Crippen molar-refractivity contribution in [2.45, 2.75) is 0 Å². The van der Waals surface area contributed by atoms with Gasteiger partial charge in [0.25, 0.3) is 0 Å². The first-order valence-electron chi connectivity index (χ1n) is 3.62. The molecule has 0 saturated carbocycles. The number of urea groups is 1. The highest BCUT2D eigenvalue weighted by atomic mass is 16.5. The minimum absolute atomic E-state index is 0.394. The van der Waals surface area contributed by atoms with Gasteiger partial charge in [-0.3, -0.25) is 0 Å². The molecular formula is C8H16N2O3. The maximum Gasteiger partial charge on any atom is 0.313 e. The smallest absolute Gasteiger partial charge is 0.313 e. The number of carbonyl (C=O) groups is 1. The summed E-state index contributed by atoms with van der Waals surface area (Å²) in [4.78, 5) is 9.55. The Balaban J connectivity index is 0. The van der Waals surface area contributed by atoms with Crippen molar-refractivity contribution in [2.24, 2.45) is 5.73 Å². The summed E-state index contributed by atoms with van der Waals surface area (Å²) in [6.07, 6.45) is 3.42. The zero-order valence-electron chi connectivity index (χ0n) is 7.53. The maximum absolute atomic E-state index is 9.55. The van der Waals surface area contributed by atoms with Gasteiger partial charge < -0.3 is 20.9 Å². The van der Waals surface area contributed by atoms with E-state index in [0.717, 1.165) is 0 Å². The Labute approximate surface area is 77.9 Å². The van der Waals surface area contributed by atoms with Crippen LogP contribution in [0.4, 0.5) is 4.79 Å². The molecular weight excluding hydrogens is 172 g/mol. The van der Waals surface area contributed by atoms with E-state index in [1.54, 1.807) is 12.2 Å². The topological polar surface area (TPSA) is 84.6 Å². The van der Waals surface area contributed by atoms with Gasteiger partial charge in [0.05, 0.1) is 13.2 Å². The number of rotatable bonds is 5. The Bertz CT molecular complexity index is 140. The third-order valence-electron chi connectivity index (χ3n) is 0.725. The van der Waals surface area contributed by atoms with Gasteiger partial charge >= 0.3 is 6.03 Å². The highest BCUT2D eigenvalue weighted by molar-refractivity contribution is 5.71. The number of hydrogen-bond acceptors (Lipinski definition) is 3. The van der Waals surface area contributed by atoms with Gasteiger partial charge in [0, 0.05) is 0 Å². The Morgan fingerprint density at radius 1 is 1.46 bits per heavy atom. The van der Waals surface area contributed by atoms with Crippen molar-refractivity contribution in [2.75, 3.05) is 19.9 Å². The van der Waals surface area contributed by atoms with Crippen molar-refractivity contribution in [3.63, 3.8) is 0 Å². The molecule has 0 radical (unpaired) electrons. The summed E-state index contributed by atoms with van der Waals surface area (Å²) in [5.41, 5.74) is 4.49. The van der Waals surface area contributed by atoms with E-state index in [0.29, 0.717) is 13.2 Å². The van der Waals surface area contributed by atoms with Crippen LogP contribution in [0.25, 0.3) is 0 Å². The molecule has 2 amide bonds. The molecule has 0 aliphatic rings. The number of hydrogen-bond donors (Lipinski definition) is 3. The second-order valence-corrected chi connectivity index (χ2v) is 1.81. The van der Waals surface area contributed by atoms with Crippen LogP contribution in [0.2, 0.25) is 0 Å². The fraction of sp³-hybridized carbons (Fsp3) is 0.375. The van der Waals surface area contributed by atoms with Crippen molar-refractivity contribution < 1.29 is 14.6 Å². The normalized spacial score (nSPS) is 7.77. The van der Waals surface area contributed by atoms with Gasteiger partial charge in [-0.15, -0.1) is 13.2 Å². The lowest BCUT2D eigenvalue weighted by molar-refractivity contribution is 0.194. The molecule has 0 saturated heterocycles. The summed E-state index contributed by atoms with van der Waals surface area (Å²) in [5.74, 6) is 0. The molecule has 0 bridgehead atoms. The minimum Gasteiger partial charge on any atom is -0.376 e. The Morgan fingerprint density at radius 2 is 1.92 bits per heavy atom. The molecule has 0 spiro atoms. The Hall–Kier alpha value is -1.33. The molecule has 0 aromatic rings. The quantitative estimate of drug-likeness (QED) is 0.322. The van der Waals surface area contributed by atoms with Crippen LogP contribution in [0.5, 0.6) is 0 Å². The lowest BCUT2D eigenvalue weighted by Gasteiger charge is -1.89. The number of carbonyl (C=O) groups excluding carboxylic acids is 1. The van der Waals surface area contributed by atoms with Gasteiger partial charge in [0.2, 0.25) is 0 Å². The van der Waals surface area contributed by atoms with E-state index in [4.69, 9.17) is 9.84 Å². The number of primary amides is 1. The molecule has 0 aromatic carbocycles. The second kappa shape index (κ2) is 13.3. The van der Waals surface area contributed by atoms with Gasteiger partial charge in [-0.2, -0.15) is 0 Å². The zero-order valence-corrected chi connectivity index (χ0v) is 7.53. The van der Waals surface area contributed by atoms with Crippen LogP contribution >= 0.6 is 0 Å². The number of amides is 2. The monoisotopic (exact) mass is 188 g/mol. The van der Waals surface area contributed by atoms with Crippen molar-refractivity contribution in [3.05, 3.63) is 25.3 Å². The average molecular weight is 188 g/mol. The summed E-state index contributed by atoms with van der Waals surface area (Å²) in [7, 11) is 0. The largest absolute Gasteiger partial charge is 0.376 e. The number of nitrogens with one attached hydrogen (secondary N) is 1. The molecule has 0 rings (SSSR count). The zero-order chi connectivity index (χ0) is 10.5. The third kappa shape index (κ3) is 24.9. The maximum atomic E-state index is 9.55. The third-order valence-corrected chi connectivity index (χ3v) is 0.725. The predicted molar refractivity (Wildman–Crippen MR) is 51.0 cm³/mol. The predicted octanol–water partition coefficient (Wildman–Crippen LogP) is -0.0205. The molecule has 13 heavy (non-hydrogen) atoms. The Kier molecular flexibility index (Phi) is 14.5. The highest BCUT2D eigenvalue weighted by Gasteiger charge is 1.80. The van der Waals surface area contributed by atoms with Gasteiger partial charge in [-0.1, -0.05) is 12.2 Å². The van der Waals surface area contributed by atoms with E-state index in [9.17, 15) is 4.79 Å². The molecule has 0 aliphatic carbocycles. The van der Waals surface area contributed by atoms with Crippen LogP contribution in [-0.2, 0) is 4.74 Å². The van der Waals surface area contributed by atoms with Gasteiger partial charge in [-0.25, -0.2) is 4.79 Å². The first-order valence-corrected chi connectivity index (χ1v) is 3.62. The summed E-state index contributed by atoms with van der Waals surface area (Å²) < 4.78 is 4.90. The first-order chi connectivity index (χ1) is 6.18. The molecule has 5 heteroatoms. The summed E-state index contributed by atoms with van der Waals surface area (Å²) in [6.45, 7) is 7.79.